The van der Waals surface area contributed by atoms with E-state index in [0.29, 0.717) is 11.3 Å². The summed E-state index contributed by atoms with van der Waals surface area (Å²) in [7, 11) is 0. The number of carbonyl (C=O) groups is 1. The van der Waals surface area contributed by atoms with Crippen molar-refractivity contribution in [3.8, 4) is 0 Å². The fourth-order valence-electron chi connectivity index (χ4n) is 0.641. The topological polar surface area (TPSA) is 65.2 Å². The van der Waals surface area contributed by atoms with Crippen LogP contribution in [0.1, 0.15) is 12.8 Å². The van der Waals surface area contributed by atoms with Gasteiger partial charge in [0.25, 0.3) is 0 Å². The number of carbonyl (C=O) groups excluding carboxylic acids is 1. The van der Waals surface area contributed by atoms with Gasteiger partial charge in [-0.1, -0.05) is 0 Å². The van der Waals surface area contributed by atoms with Crippen molar-refractivity contribution in [2.45, 2.75) is 13.3 Å². The Bertz CT molecular complexity index is 274. The second kappa shape index (κ2) is 4.20. The van der Waals surface area contributed by atoms with Crippen molar-refractivity contribution in [1.82, 2.24) is 10.1 Å². The molecule has 66 valence electrons. The second-order valence-electron chi connectivity index (χ2n) is 1.94. The summed E-state index contributed by atoms with van der Waals surface area (Å²) >= 11 is 2.99. The third-order valence-corrected chi connectivity index (χ3v) is 1.37. The van der Waals surface area contributed by atoms with Crippen LogP contribution in [-0.2, 0) is 16.0 Å². The molecule has 0 N–H and O–H groups in total. The minimum absolute atomic E-state index is 0.0203. The van der Waals surface area contributed by atoms with Gasteiger partial charge in [0.1, 0.15) is 6.42 Å². The summed E-state index contributed by atoms with van der Waals surface area (Å²) in [6, 6.07) is 0. The molecule has 1 aromatic rings. The van der Waals surface area contributed by atoms with Crippen LogP contribution in [0.4, 0.5) is 0 Å². The highest BCUT2D eigenvalue weighted by molar-refractivity contribution is 9.10. The van der Waals surface area contributed by atoms with Gasteiger partial charge in [-0.25, -0.2) is 0 Å². The monoisotopic (exact) mass is 234 g/mol. The van der Waals surface area contributed by atoms with Crippen molar-refractivity contribution < 1.29 is 14.1 Å². The summed E-state index contributed by atoms with van der Waals surface area (Å²) in [5.74, 6) is -0.117. The average Bonchev–Trinajstić information content (AvgIpc) is 2.36. The van der Waals surface area contributed by atoms with Crippen molar-refractivity contribution in [1.29, 1.82) is 0 Å². The van der Waals surface area contributed by atoms with Gasteiger partial charge < -0.3 is 9.26 Å². The van der Waals surface area contributed by atoms with Crippen molar-refractivity contribution in [2.24, 2.45) is 0 Å². The lowest BCUT2D eigenvalue weighted by Gasteiger charge is -1.95. The van der Waals surface area contributed by atoms with Gasteiger partial charge in [0, 0.05) is 0 Å². The molecule has 0 aliphatic carbocycles. The smallest absolute Gasteiger partial charge is 0.315 e. The maximum absolute atomic E-state index is 10.9. The maximum Gasteiger partial charge on any atom is 0.315 e. The summed E-state index contributed by atoms with van der Waals surface area (Å²) in [4.78, 5) is 14.6. The van der Waals surface area contributed by atoms with E-state index in [4.69, 9.17) is 0 Å². The van der Waals surface area contributed by atoms with Gasteiger partial charge in [-0.15, -0.1) is 0 Å². The first-order valence-corrected chi connectivity index (χ1v) is 4.15. The molecular formula is C6H7BrN2O3. The summed E-state index contributed by atoms with van der Waals surface area (Å²) in [5.41, 5.74) is 0. The molecular weight excluding hydrogens is 228 g/mol. The van der Waals surface area contributed by atoms with Gasteiger partial charge in [0.15, 0.2) is 0 Å². The molecule has 0 unspecified atom stereocenters. The van der Waals surface area contributed by atoms with E-state index < -0.39 is 0 Å². The zero-order chi connectivity index (χ0) is 8.97. The molecule has 6 heteroatoms. The number of nitrogens with zero attached hydrogens (tertiary/aromatic N) is 2. The molecule has 0 aromatic carbocycles. The molecule has 1 aromatic heterocycles. The molecule has 0 bridgehead atoms. The molecule has 5 nitrogen and oxygen atoms in total. The third kappa shape index (κ3) is 2.61. The molecule has 0 radical (unpaired) electrons. The Kier molecular flexibility index (Phi) is 3.21. The molecule has 0 fully saturated rings. The van der Waals surface area contributed by atoms with Crippen LogP contribution in [-0.4, -0.2) is 22.7 Å². The van der Waals surface area contributed by atoms with E-state index in [1.165, 1.54) is 0 Å². The fraction of sp³-hybridized carbons (Fsp3) is 0.500. The van der Waals surface area contributed by atoms with Crippen LogP contribution in [0.25, 0.3) is 0 Å². The first-order chi connectivity index (χ1) is 5.72. The van der Waals surface area contributed by atoms with Gasteiger partial charge in [-0.3, -0.25) is 4.79 Å². The first kappa shape index (κ1) is 9.18. The highest BCUT2D eigenvalue weighted by Crippen LogP contribution is 2.04. The van der Waals surface area contributed by atoms with Crippen LogP contribution < -0.4 is 0 Å². The number of aromatic nitrogens is 2. The van der Waals surface area contributed by atoms with E-state index in [1.54, 1.807) is 6.92 Å². The molecule has 0 spiro atoms. The van der Waals surface area contributed by atoms with Crippen molar-refractivity contribution >= 4 is 21.9 Å². The molecule has 0 atom stereocenters. The Morgan fingerprint density at radius 2 is 2.50 bits per heavy atom. The standard InChI is InChI=1S/C6H7BrN2O3/c1-2-11-5(10)3-4-8-6(7)9-12-4/h2-3H2,1H3. The molecule has 0 aliphatic rings. The van der Waals surface area contributed by atoms with E-state index in [-0.39, 0.29) is 18.3 Å². The Balaban J connectivity index is 2.46. The van der Waals surface area contributed by atoms with Gasteiger partial charge in [0.05, 0.1) is 6.61 Å². The predicted molar refractivity (Wildman–Crippen MR) is 42.3 cm³/mol. The maximum atomic E-state index is 10.9. The number of esters is 1. The molecule has 0 aliphatic heterocycles. The van der Waals surface area contributed by atoms with Gasteiger partial charge in [0.2, 0.25) is 10.6 Å². The molecule has 1 rings (SSSR count). The van der Waals surface area contributed by atoms with E-state index in [0.717, 1.165) is 0 Å². The summed E-state index contributed by atoms with van der Waals surface area (Å²) in [5, 5.41) is 3.45. The highest BCUT2D eigenvalue weighted by Gasteiger charge is 2.09. The number of halogens is 1. The second-order valence-corrected chi connectivity index (χ2v) is 2.65. The van der Waals surface area contributed by atoms with E-state index in [1.807, 2.05) is 0 Å². The minimum atomic E-state index is -0.367. The molecule has 0 saturated carbocycles. The van der Waals surface area contributed by atoms with Crippen molar-refractivity contribution in [3.05, 3.63) is 10.6 Å². The third-order valence-electron chi connectivity index (χ3n) is 1.04. The highest BCUT2D eigenvalue weighted by atomic mass is 79.9. The fourth-order valence-corrected chi connectivity index (χ4v) is 0.912. The van der Waals surface area contributed by atoms with Crippen LogP contribution in [0.2, 0.25) is 0 Å². The summed E-state index contributed by atoms with van der Waals surface area (Å²) < 4.78 is 9.68. The SMILES string of the molecule is CCOC(=O)Cc1nc(Br)no1. The van der Waals surface area contributed by atoms with Crippen LogP contribution in [0, 0.1) is 0 Å². The minimum Gasteiger partial charge on any atom is -0.466 e. The normalized spacial score (nSPS) is 9.83. The zero-order valence-electron chi connectivity index (χ0n) is 6.41. The Hall–Kier alpha value is -0.910. The van der Waals surface area contributed by atoms with Crippen LogP contribution in [0.3, 0.4) is 0 Å². The van der Waals surface area contributed by atoms with Gasteiger partial charge in [-0.05, 0) is 28.0 Å². The lowest BCUT2D eigenvalue weighted by Crippen LogP contribution is -2.07. The van der Waals surface area contributed by atoms with Crippen LogP contribution >= 0.6 is 15.9 Å². The summed E-state index contributed by atoms with van der Waals surface area (Å²) in [6.45, 7) is 2.09. The van der Waals surface area contributed by atoms with Gasteiger partial charge in [-0.2, -0.15) is 4.98 Å². The quantitative estimate of drug-likeness (QED) is 0.729. The number of hydrogen-bond acceptors (Lipinski definition) is 5. The number of hydrogen-bond donors (Lipinski definition) is 0. The average molecular weight is 235 g/mol. The lowest BCUT2D eigenvalue weighted by molar-refractivity contribution is -0.142. The van der Waals surface area contributed by atoms with E-state index in [9.17, 15) is 4.79 Å². The molecule has 0 saturated heterocycles. The summed E-state index contributed by atoms with van der Waals surface area (Å²) in [6.07, 6.45) is 0.0203. The van der Waals surface area contributed by atoms with E-state index >= 15 is 0 Å². The number of rotatable bonds is 3. The van der Waals surface area contributed by atoms with Crippen molar-refractivity contribution in [3.63, 3.8) is 0 Å². The van der Waals surface area contributed by atoms with E-state index in [2.05, 4.69) is 35.3 Å². The Labute approximate surface area is 77.2 Å². The van der Waals surface area contributed by atoms with Crippen LogP contribution in [0.5, 0.6) is 0 Å². The molecule has 0 amide bonds. The largest absolute Gasteiger partial charge is 0.466 e. The first-order valence-electron chi connectivity index (χ1n) is 3.36. The predicted octanol–water partition coefficient (Wildman–Crippen LogP) is 0.938. The zero-order valence-corrected chi connectivity index (χ0v) is 8.00. The number of ether oxygens (including phenoxy) is 1. The Morgan fingerprint density at radius 3 is 3.00 bits per heavy atom. The molecule has 12 heavy (non-hydrogen) atoms. The van der Waals surface area contributed by atoms with Crippen LogP contribution in [0.15, 0.2) is 9.26 Å². The van der Waals surface area contributed by atoms with Crippen molar-refractivity contribution in [2.75, 3.05) is 6.61 Å². The molecule has 1 heterocycles. The Morgan fingerprint density at radius 1 is 1.75 bits per heavy atom. The van der Waals surface area contributed by atoms with Gasteiger partial charge >= 0.3 is 5.97 Å². The lowest BCUT2D eigenvalue weighted by atomic mass is 10.4.